The van der Waals surface area contributed by atoms with Crippen molar-refractivity contribution in [2.75, 3.05) is 32.9 Å². The fourth-order valence-electron chi connectivity index (χ4n) is 2.76. The summed E-state index contributed by atoms with van der Waals surface area (Å²) in [6.45, 7) is 8.63. The van der Waals surface area contributed by atoms with E-state index in [1.54, 1.807) is 19.1 Å². The number of aryl methyl sites for hydroxylation is 1. The molecule has 2 rings (SSSR count). The van der Waals surface area contributed by atoms with E-state index < -0.39 is 0 Å². The third-order valence-electron chi connectivity index (χ3n) is 4.24. The van der Waals surface area contributed by atoms with Gasteiger partial charge in [0, 0.05) is 13.1 Å². The first-order valence-electron chi connectivity index (χ1n) is 8.98. The van der Waals surface area contributed by atoms with E-state index in [9.17, 15) is 10.1 Å². The smallest absolute Gasteiger partial charge is 0.341 e. The van der Waals surface area contributed by atoms with Gasteiger partial charge in [0.2, 0.25) is 0 Å². The number of nitriles is 1. The second-order valence-electron chi connectivity index (χ2n) is 6.11. The minimum Gasteiger partial charge on any atom is -0.462 e. The number of esters is 1. The second kappa shape index (κ2) is 10.5. The summed E-state index contributed by atoms with van der Waals surface area (Å²) in [5.41, 5.74) is 1.18. The Balaban J connectivity index is 1.63. The number of hydrogen-bond acceptors (Lipinski definition) is 6. The largest absolute Gasteiger partial charge is 0.462 e. The zero-order valence-electron chi connectivity index (χ0n) is 15.3. The van der Waals surface area contributed by atoms with Crippen molar-refractivity contribution in [3.63, 3.8) is 0 Å². The van der Waals surface area contributed by atoms with Crippen LogP contribution >= 0.6 is 0 Å². The van der Waals surface area contributed by atoms with E-state index in [-0.39, 0.29) is 5.97 Å². The maximum Gasteiger partial charge on any atom is 0.341 e. The molecule has 140 valence electrons. The molecule has 6 nitrogen and oxygen atoms in total. The van der Waals surface area contributed by atoms with Crippen LogP contribution in [0.2, 0.25) is 0 Å². The molecule has 26 heavy (non-hydrogen) atoms. The van der Waals surface area contributed by atoms with Crippen LogP contribution in [0.25, 0.3) is 6.08 Å². The molecule has 0 radical (unpaired) electrons. The Morgan fingerprint density at radius 2 is 2.15 bits per heavy atom. The Hall–Kier alpha value is -2.52. The lowest BCUT2D eigenvalue weighted by molar-refractivity contribution is 0.0495. The van der Waals surface area contributed by atoms with Gasteiger partial charge in [-0.15, -0.1) is 0 Å². The lowest BCUT2D eigenvalue weighted by atomic mass is 10.1. The summed E-state index contributed by atoms with van der Waals surface area (Å²) in [7, 11) is 0. The molecule has 1 aliphatic rings. The van der Waals surface area contributed by atoms with Crippen LogP contribution in [0, 0.1) is 18.3 Å². The van der Waals surface area contributed by atoms with Gasteiger partial charge in [-0.3, -0.25) is 0 Å². The number of rotatable bonds is 9. The number of ether oxygens (including phenoxy) is 2. The average molecular weight is 358 g/mol. The van der Waals surface area contributed by atoms with Gasteiger partial charge in [0.1, 0.15) is 28.9 Å². The maximum atomic E-state index is 12.0. The standard InChI is InChI=1S/C20H26N2O4/c1-3-18-14-19(16(2)26-18)20(23)25-11-7-5-4-6-8-17(15-21)22-9-12-24-13-10-22/h3,8,14H,1,4-7,9-13H2,2H3/b17-8+. The molecule has 0 N–H and O–H groups in total. The third kappa shape index (κ3) is 5.78. The number of carbonyl (C=O) groups is 1. The van der Waals surface area contributed by atoms with Crippen LogP contribution in [0.1, 0.15) is 47.6 Å². The van der Waals surface area contributed by atoms with Gasteiger partial charge < -0.3 is 18.8 Å². The van der Waals surface area contributed by atoms with Gasteiger partial charge in [-0.25, -0.2) is 4.79 Å². The molecule has 2 heterocycles. The van der Waals surface area contributed by atoms with Crippen molar-refractivity contribution < 1.29 is 18.7 Å². The molecule has 1 aliphatic heterocycles. The number of unbranched alkanes of at least 4 members (excludes halogenated alkanes) is 3. The predicted molar refractivity (Wildman–Crippen MR) is 98.4 cm³/mol. The molecule has 1 fully saturated rings. The number of allylic oxidation sites excluding steroid dienone is 2. The summed E-state index contributed by atoms with van der Waals surface area (Å²) < 4.78 is 16.0. The molecule has 0 spiro atoms. The molecule has 0 unspecified atom stereocenters. The Labute approximate surface area is 154 Å². The Kier molecular flexibility index (Phi) is 7.97. The van der Waals surface area contributed by atoms with Crippen LogP contribution in [0.3, 0.4) is 0 Å². The first-order chi connectivity index (χ1) is 12.7. The van der Waals surface area contributed by atoms with Crippen LogP contribution in [-0.4, -0.2) is 43.8 Å². The monoisotopic (exact) mass is 358 g/mol. The quantitative estimate of drug-likeness (QED) is 0.381. The topological polar surface area (TPSA) is 75.7 Å². The second-order valence-corrected chi connectivity index (χ2v) is 6.11. The Morgan fingerprint density at radius 1 is 1.38 bits per heavy atom. The number of nitrogens with zero attached hydrogens (tertiary/aromatic N) is 2. The van der Waals surface area contributed by atoms with Crippen LogP contribution < -0.4 is 0 Å². The highest BCUT2D eigenvalue weighted by atomic mass is 16.5. The van der Waals surface area contributed by atoms with Crippen LogP contribution in [-0.2, 0) is 9.47 Å². The molecule has 0 atom stereocenters. The van der Waals surface area contributed by atoms with E-state index in [2.05, 4.69) is 17.5 Å². The summed E-state index contributed by atoms with van der Waals surface area (Å²) in [4.78, 5) is 14.1. The van der Waals surface area contributed by atoms with Gasteiger partial charge in [-0.1, -0.05) is 12.7 Å². The molecule has 0 amide bonds. The molecule has 0 aliphatic carbocycles. The third-order valence-corrected chi connectivity index (χ3v) is 4.24. The Bertz CT molecular complexity index is 678. The fourth-order valence-corrected chi connectivity index (χ4v) is 2.76. The lowest BCUT2D eigenvalue weighted by Crippen LogP contribution is -2.35. The number of morpholine rings is 1. The van der Waals surface area contributed by atoms with Crippen molar-refractivity contribution in [2.45, 2.75) is 32.6 Å². The Morgan fingerprint density at radius 3 is 2.81 bits per heavy atom. The van der Waals surface area contributed by atoms with Crippen LogP contribution in [0.15, 0.2) is 28.8 Å². The van der Waals surface area contributed by atoms with Gasteiger partial charge in [-0.05, 0) is 44.7 Å². The summed E-state index contributed by atoms with van der Waals surface area (Å²) in [6, 6.07) is 3.91. The maximum absolute atomic E-state index is 12.0. The summed E-state index contributed by atoms with van der Waals surface area (Å²) >= 11 is 0. The van der Waals surface area contributed by atoms with Crippen LogP contribution in [0.5, 0.6) is 0 Å². The minimum atomic E-state index is -0.363. The van der Waals surface area contributed by atoms with Crippen LogP contribution in [0.4, 0.5) is 0 Å². The normalized spacial score (nSPS) is 14.8. The number of furan rings is 1. The van der Waals surface area contributed by atoms with Gasteiger partial charge in [-0.2, -0.15) is 5.26 Å². The van der Waals surface area contributed by atoms with Gasteiger partial charge >= 0.3 is 5.97 Å². The highest BCUT2D eigenvalue weighted by molar-refractivity contribution is 5.91. The lowest BCUT2D eigenvalue weighted by Gasteiger charge is -2.27. The molecule has 1 aromatic heterocycles. The molecule has 0 bridgehead atoms. The van der Waals surface area contributed by atoms with E-state index >= 15 is 0 Å². The first-order valence-corrected chi connectivity index (χ1v) is 8.98. The predicted octanol–water partition coefficient (Wildman–Crippen LogP) is 3.69. The molecule has 1 aromatic rings. The van der Waals surface area contributed by atoms with Gasteiger partial charge in [0.15, 0.2) is 0 Å². The van der Waals surface area contributed by atoms with E-state index in [1.807, 2.05) is 6.08 Å². The van der Waals surface area contributed by atoms with Gasteiger partial charge in [0.25, 0.3) is 0 Å². The zero-order valence-corrected chi connectivity index (χ0v) is 15.3. The SMILES string of the molecule is C=Cc1cc(C(=O)OCCCCC/C=C(\C#N)N2CCOCC2)c(C)o1. The molecule has 0 saturated carbocycles. The van der Waals surface area contributed by atoms with Crippen molar-refractivity contribution in [2.24, 2.45) is 0 Å². The highest BCUT2D eigenvalue weighted by Gasteiger charge is 2.15. The fraction of sp³-hybridized carbons (Fsp3) is 0.500. The van der Waals surface area contributed by atoms with Crippen molar-refractivity contribution in [1.29, 1.82) is 5.26 Å². The van der Waals surface area contributed by atoms with E-state index in [0.717, 1.165) is 44.5 Å². The molecular weight excluding hydrogens is 332 g/mol. The van der Waals surface area contributed by atoms with Gasteiger partial charge in [0.05, 0.1) is 19.8 Å². The molecule has 6 heteroatoms. The van der Waals surface area contributed by atoms with Crippen molar-refractivity contribution in [3.05, 3.63) is 41.5 Å². The number of hydrogen-bond donors (Lipinski definition) is 0. The van der Waals surface area contributed by atoms with Crippen molar-refractivity contribution in [3.8, 4) is 6.07 Å². The first kappa shape index (κ1) is 19.8. The minimum absolute atomic E-state index is 0.363. The summed E-state index contributed by atoms with van der Waals surface area (Å²) in [5.74, 6) is 0.746. The van der Waals surface area contributed by atoms with Crippen molar-refractivity contribution >= 4 is 12.0 Å². The van der Waals surface area contributed by atoms with Crippen molar-refractivity contribution in [1.82, 2.24) is 4.90 Å². The van der Waals surface area contributed by atoms with E-state index in [1.165, 1.54) is 0 Å². The van der Waals surface area contributed by atoms with E-state index in [4.69, 9.17) is 13.9 Å². The zero-order chi connectivity index (χ0) is 18.8. The summed E-state index contributed by atoms with van der Waals surface area (Å²) in [6.07, 6.45) is 7.08. The molecule has 0 aromatic carbocycles. The highest BCUT2D eigenvalue weighted by Crippen LogP contribution is 2.17. The summed E-state index contributed by atoms with van der Waals surface area (Å²) in [5, 5.41) is 9.26. The molecular formula is C20H26N2O4. The van der Waals surface area contributed by atoms with E-state index in [0.29, 0.717) is 36.9 Å². The molecule has 1 saturated heterocycles. The number of carbonyl (C=O) groups excluding carboxylic acids is 1. The average Bonchev–Trinajstić information content (AvgIpc) is 3.05.